The first-order valence-electron chi connectivity index (χ1n) is 9.28. The molecule has 4 aliphatic rings. The monoisotopic (exact) mass is 330 g/mol. The molecule has 4 heteroatoms. The smallest absolute Gasteiger partial charge is 0.0850 e. The second-order valence-corrected chi connectivity index (χ2v) is 7.80. The average Bonchev–Trinajstić information content (AvgIpc) is 3.42. The van der Waals surface area contributed by atoms with Crippen molar-refractivity contribution in [2.24, 2.45) is 0 Å². The Morgan fingerprint density at radius 2 is 0.792 bits per heavy atom. The molecule has 4 saturated heterocycles. The molecule has 0 aromatic heterocycles. The van der Waals surface area contributed by atoms with Crippen LogP contribution in [-0.4, -0.2) is 50.8 Å². The van der Waals surface area contributed by atoms with E-state index in [-0.39, 0.29) is 0 Å². The van der Waals surface area contributed by atoms with Crippen LogP contribution in [0.15, 0.2) is 0 Å². The fourth-order valence-corrected chi connectivity index (χ4v) is 3.97. The van der Waals surface area contributed by atoms with E-state index in [4.69, 9.17) is 18.9 Å². The van der Waals surface area contributed by atoms with Gasteiger partial charge in [-0.15, -0.1) is 0 Å². The highest BCUT2D eigenvalue weighted by Crippen LogP contribution is 2.37. The molecule has 130 valence electrons. The number of ether oxygens (including phenoxy) is 4. The van der Waals surface area contributed by atoms with Crippen molar-refractivity contribution in [3.8, 4) is 0 Å². The lowest BCUT2D eigenvalue weighted by Gasteiger charge is -2.24. The van der Waals surface area contributed by atoms with Crippen LogP contribution in [0.2, 0.25) is 0 Å². The lowest BCUT2D eigenvalue weighted by atomic mass is 9.81. The first-order valence-corrected chi connectivity index (χ1v) is 9.28. The maximum atomic E-state index is 5.58. The van der Waals surface area contributed by atoms with E-state index in [9.17, 15) is 0 Å². The highest BCUT2D eigenvalue weighted by molar-refractivity contribution is 5.53. The van der Waals surface area contributed by atoms with E-state index in [1.165, 1.54) is 33.4 Å². The quantitative estimate of drug-likeness (QED) is 0.685. The van der Waals surface area contributed by atoms with Crippen molar-refractivity contribution in [2.45, 2.75) is 63.9 Å². The van der Waals surface area contributed by atoms with E-state index < -0.39 is 0 Å². The minimum atomic E-state index is 0.412. The molecular weight excluding hydrogens is 304 g/mol. The Balaban J connectivity index is 1.59. The molecule has 1 aromatic carbocycles. The predicted octanol–water partition coefficient (Wildman–Crippen LogP) is 2.07. The molecule has 4 fully saturated rings. The van der Waals surface area contributed by atoms with Gasteiger partial charge in [-0.3, -0.25) is 0 Å². The highest BCUT2D eigenvalue weighted by Gasteiger charge is 2.35. The van der Waals surface area contributed by atoms with Crippen LogP contribution in [0.25, 0.3) is 0 Å². The Kier molecular flexibility index (Phi) is 3.71. The molecule has 4 heterocycles. The van der Waals surface area contributed by atoms with Gasteiger partial charge in [-0.1, -0.05) is 0 Å². The van der Waals surface area contributed by atoms with Gasteiger partial charge in [-0.2, -0.15) is 0 Å². The molecule has 0 N–H and O–H groups in total. The number of benzene rings is 1. The SMILES string of the molecule is Cc1c(C)c(CC2CO2)c(CC2CO2)c(CC2CO2)c1CC1CO1. The van der Waals surface area contributed by atoms with Gasteiger partial charge in [0.2, 0.25) is 0 Å². The largest absolute Gasteiger partial charge is 0.373 e. The van der Waals surface area contributed by atoms with E-state index in [1.54, 1.807) is 0 Å². The third-order valence-corrected chi connectivity index (χ3v) is 5.90. The van der Waals surface area contributed by atoms with Crippen LogP contribution in [0.3, 0.4) is 0 Å². The molecule has 0 bridgehead atoms. The molecule has 0 spiro atoms. The number of rotatable bonds is 8. The Hall–Kier alpha value is -0.940. The van der Waals surface area contributed by atoms with Crippen LogP contribution >= 0.6 is 0 Å². The Morgan fingerprint density at radius 3 is 1.04 bits per heavy atom. The summed E-state index contributed by atoms with van der Waals surface area (Å²) in [5.41, 5.74) is 9.00. The van der Waals surface area contributed by atoms with Crippen molar-refractivity contribution in [2.75, 3.05) is 26.4 Å². The minimum Gasteiger partial charge on any atom is -0.373 e. The first-order chi connectivity index (χ1) is 11.7. The maximum Gasteiger partial charge on any atom is 0.0850 e. The van der Waals surface area contributed by atoms with Gasteiger partial charge in [0.15, 0.2) is 0 Å². The second-order valence-electron chi connectivity index (χ2n) is 7.80. The van der Waals surface area contributed by atoms with E-state index in [0.717, 1.165) is 52.1 Å². The average molecular weight is 330 g/mol. The zero-order chi connectivity index (χ0) is 16.3. The summed E-state index contributed by atoms with van der Waals surface area (Å²) in [6, 6.07) is 0. The fourth-order valence-electron chi connectivity index (χ4n) is 3.97. The summed E-state index contributed by atoms with van der Waals surface area (Å²) in [5.74, 6) is 0. The van der Waals surface area contributed by atoms with Gasteiger partial charge in [0.05, 0.1) is 50.8 Å². The predicted molar refractivity (Wildman–Crippen MR) is 89.7 cm³/mol. The van der Waals surface area contributed by atoms with E-state index in [2.05, 4.69) is 13.8 Å². The van der Waals surface area contributed by atoms with Crippen molar-refractivity contribution >= 4 is 0 Å². The van der Waals surface area contributed by atoms with Gasteiger partial charge in [0.25, 0.3) is 0 Å². The van der Waals surface area contributed by atoms with E-state index in [0.29, 0.717) is 24.4 Å². The van der Waals surface area contributed by atoms with Crippen molar-refractivity contribution in [1.29, 1.82) is 0 Å². The van der Waals surface area contributed by atoms with Crippen LogP contribution in [0.4, 0.5) is 0 Å². The molecule has 5 rings (SSSR count). The zero-order valence-corrected chi connectivity index (χ0v) is 14.6. The number of hydrogen-bond donors (Lipinski definition) is 0. The minimum absolute atomic E-state index is 0.412. The first kappa shape index (κ1) is 15.3. The molecule has 1 aromatic rings. The van der Waals surface area contributed by atoms with Crippen LogP contribution in [-0.2, 0) is 44.6 Å². The standard InChI is InChI=1S/C20H26O4/c1-11-12(2)18(4-14-8-22-14)20(6-16-10-24-16)19(5-15-9-23-15)17(11)3-13-7-21-13/h13-16H,3-10H2,1-2H3. The zero-order valence-electron chi connectivity index (χ0n) is 14.6. The normalized spacial score (nSPS) is 32.8. The molecular formula is C20H26O4. The topological polar surface area (TPSA) is 50.1 Å². The summed E-state index contributed by atoms with van der Waals surface area (Å²) in [5, 5.41) is 0. The lowest BCUT2D eigenvalue weighted by Crippen LogP contribution is -2.16. The number of epoxide rings is 4. The van der Waals surface area contributed by atoms with E-state index >= 15 is 0 Å². The summed E-state index contributed by atoms with van der Waals surface area (Å²) in [6.07, 6.45) is 5.85. The summed E-state index contributed by atoms with van der Waals surface area (Å²) in [4.78, 5) is 0. The third-order valence-electron chi connectivity index (χ3n) is 5.90. The molecule has 4 nitrogen and oxygen atoms in total. The number of hydrogen-bond acceptors (Lipinski definition) is 4. The molecule has 4 atom stereocenters. The van der Waals surface area contributed by atoms with Gasteiger partial charge in [-0.05, 0) is 47.2 Å². The molecule has 24 heavy (non-hydrogen) atoms. The molecule has 0 aliphatic carbocycles. The maximum absolute atomic E-state index is 5.58. The second kappa shape index (κ2) is 5.80. The van der Waals surface area contributed by atoms with Crippen LogP contribution in [0.5, 0.6) is 0 Å². The Labute approximate surface area is 143 Å². The summed E-state index contributed by atoms with van der Waals surface area (Å²) in [7, 11) is 0. The van der Waals surface area contributed by atoms with Gasteiger partial charge in [-0.25, -0.2) is 0 Å². The fraction of sp³-hybridized carbons (Fsp3) is 0.700. The molecule has 0 amide bonds. The molecule has 0 saturated carbocycles. The van der Waals surface area contributed by atoms with E-state index in [1.807, 2.05) is 0 Å². The van der Waals surface area contributed by atoms with Crippen molar-refractivity contribution < 1.29 is 18.9 Å². The lowest BCUT2D eigenvalue weighted by molar-refractivity contribution is 0.395. The molecule has 0 radical (unpaired) electrons. The summed E-state index contributed by atoms with van der Waals surface area (Å²) >= 11 is 0. The van der Waals surface area contributed by atoms with Crippen molar-refractivity contribution in [3.63, 3.8) is 0 Å². The van der Waals surface area contributed by atoms with Crippen molar-refractivity contribution in [1.82, 2.24) is 0 Å². The highest BCUT2D eigenvalue weighted by atomic mass is 16.6. The van der Waals surface area contributed by atoms with Gasteiger partial charge in [0.1, 0.15) is 0 Å². The van der Waals surface area contributed by atoms with Crippen LogP contribution in [0, 0.1) is 13.8 Å². The van der Waals surface area contributed by atoms with Gasteiger partial charge in [0, 0.05) is 25.7 Å². The molecule has 4 aliphatic heterocycles. The van der Waals surface area contributed by atoms with Crippen LogP contribution < -0.4 is 0 Å². The summed E-state index contributed by atoms with van der Waals surface area (Å²) in [6.45, 7) is 8.23. The Morgan fingerprint density at radius 1 is 0.542 bits per heavy atom. The summed E-state index contributed by atoms with van der Waals surface area (Å²) < 4.78 is 22.2. The molecule has 4 unspecified atom stereocenters. The third kappa shape index (κ3) is 3.25. The van der Waals surface area contributed by atoms with Gasteiger partial charge < -0.3 is 18.9 Å². The van der Waals surface area contributed by atoms with Crippen molar-refractivity contribution in [3.05, 3.63) is 33.4 Å². The van der Waals surface area contributed by atoms with Gasteiger partial charge >= 0.3 is 0 Å². The Bertz CT molecular complexity index is 595. The van der Waals surface area contributed by atoms with Crippen LogP contribution in [0.1, 0.15) is 33.4 Å².